The van der Waals surface area contributed by atoms with E-state index in [0.29, 0.717) is 25.0 Å². The van der Waals surface area contributed by atoms with E-state index in [1.54, 1.807) is 11.6 Å². The number of anilines is 1. The molecule has 1 saturated carbocycles. The van der Waals surface area contributed by atoms with Crippen LogP contribution < -0.4 is 10.1 Å². The number of rotatable bonds is 7. The molecule has 0 spiro atoms. The van der Waals surface area contributed by atoms with Crippen molar-refractivity contribution in [3.8, 4) is 5.75 Å². The van der Waals surface area contributed by atoms with Gasteiger partial charge in [0, 0.05) is 19.7 Å². The van der Waals surface area contributed by atoms with E-state index in [0.717, 1.165) is 35.7 Å². The molecule has 27 heavy (non-hydrogen) atoms. The maximum Gasteiger partial charge on any atom is 0.254 e. The first-order valence-electron chi connectivity index (χ1n) is 9.50. The van der Waals surface area contributed by atoms with Crippen LogP contribution >= 0.6 is 0 Å². The molecular weight excluding hydrogens is 342 g/mol. The van der Waals surface area contributed by atoms with Crippen LogP contribution in [0.4, 0.5) is 5.82 Å². The third-order valence-corrected chi connectivity index (χ3v) is 4.82. The monoisotopic (exact) mass is 367 g/mol. The number of nitrogens with one attached hydrogen (secondary N) is 1. The summed E-state index contributed by atoms with van der Waals surface area (Å²) in [5.41, 5.74) is 1.97. The SMILES string of the molecule is COCc1cc(NCc2cccc(OC3CCCCC3)c2)n2ncnc2n1. The molecule has 0 amide bonds. The molecule has 1 aromatic carbocycles. The summed E-state index contributed by atoms with van der Waals surface area (Å²) in [5.74, 6) is 2.34. The highest BCUT2D eigenvalue weighted by Gasteiger charge is 2.15. The van der Waals surface area contributed by atoms with Crippen molar-refractivity contribution in [2.45, 2.75) is 51.4 Å². The van der Waals surface area contributed by atoms with Gasteiger partial charge in [-0.15, -0.1) is 0 Å². The van der Waals surface area contributed by atoms with Gasteiger partial charge in [-0.05, 0) is 43.4 Å². The van der Waals surface area contributed by atoms with Crippen LogP contribution in [0.1, 0.15) is 43.4 Å². The van der Waals surface area contributed by atoms with E-state index in [4.69, 9.17) is 9.47 Å². The van der Waals surface area contributed by atoms with Crippen LogP contribution in [0.25, 0.3) is 5.78 Å². The topological polar surface area (TPSA) is 73.6 Å². The van der Waals surface area contributed by atoms with Crippen LogP contribution in [0.3, 0.4) is 0 Å². The summed E-state index contributed by atoms with van der Waals surface area (Å²) < 4.78 is 13.1. The first kappa shape index (κ1) is 17.7. The quantitative estimate of drug-likeness (QED) is 0.688. The Morgan fingerprint density at radius 1 is 1.19 bits per heavy atom. The van der Waals surface area contributed by atoms with Crippen LogP contribution in [0.15, 0.2) is 36.7 Å². The Kier molecular flexibility index (Phi) is 5.48. The van der Waals surface area contributed by atoms with Crippen LogP contribution in [0, 0.1) is 0 Å². The smallest absolute Gasteiger partial charge is 0.254 e. The van der Waals surface area contributed by atoms with Gasteiger partial charge in [-0.1, -0.05) is 18.6 Å². The lowest BCUT2D eigenvalue weighted by Crippen LogP contribution is -2.19. The molecule has 1 fully saturated rings. The van der Waals surface area contributed by atoms with Crippen LogP contribution in [0.2, 0.25) is 0 Å². The van der Waals surface area contributed by atoms with Gasteiger partial charge in [-0.3, -0.25) is 0 Å². The summed E-state index contributed by atoms with van der Waals surface area (Å²) in [4.78, 5) is 8.61. The number of benzene rings is 1. The summed E-state index contributed by atoms with van der Waals surface area (Å²) >= 11 is 0. The first-order chi connectivity index (χ1) is 13.3. The molecular formula is C20H25N5O2. The van der Waals surface area contributed by atoms with Crippen molar-refractivity contribution < 1.29 is 9.47 Å². The Hall–Kier alpha value is -2.67. The van der Waals surface area contributed by atoms with E-state index in [1.165, 1.54) is 25.6 Å². The van der Waals surface area contributed by atoms with E-state index in [9.17, 15) is 0 Å². The van der Waals surface area contributed by atoms with Gasteiger partial charge in [0.15, 0.2) is 0 Å². The van der Waals surface area contributed by atoms with Crippen LogP contribution in [-0.4, -0.2) is 32.8 Å². The Morgan fingerprint density at radius 2 is 2.07 bits per heavy atom. The van der Waals surface area contributed by atoms with E-state index in [2.05, 4.69) is 32.5 Å². The first-order valence-corrected chi connectivity index (χ1v) is 9.50. The minimum absolute atomic E-state index is 0.355. The van der Waals surface area contributed by atoms with Crippen molar-refractivity contribution in [1.29, 1.82) is 0 Å². The Morgan fingerprint density at radius 3 is 2.93 bits per heavy atom. The highest BCUT2D eigenvalue weighted by Crippen LogP contribution is 2.24. The van der Waals surface area contributed by atoms with Crippen molar-refractivity contribution in [3.63, 3.8) is 0 Å². The fraction of sp³-hybridized carbons (Fsp3) is 0.450. The molecule has 0 aliphatic heterocycles. The predicted molar refractivity (Wildman–Crippen MR) is 103 cm³/mol. The predicted octanol–water partition coefficient (Wildman–Crippen LogP) is 3.59. The second-order valence-corrected chi connectivity index (χ2v) is 6.92. The van der Waals surface area contributed by atoms with E-state index >= 15 is 0 Å². The van der Waals surface area contributed by atoms with Crippen molar-refractivity contribution in [3.05, 3.63) is 47.9 Å². The second kappa shape index (κ2) is 8.35. The van der Waals surface area contributed by atoms with E-state index < -0.39 is 0 Å². The highest BCUT2D eigenvalue weighted by atomic mass is 16.5. The van der Waals surface area contributed by atoms with Crippen molar-refractivity contribution in [2.75, 3.05) is 12.4 Å². The molecule has 0 unspecified atom stereocenters. The maximum absolute atomic E-state index is 6.18. The van der Waals surface area contributed by atoms with Gasteiger partial charge in [0.1, 0.15) is 17.9 Å². The summed E-state index contributed by atoms with van der Waals surface area (Å²) in [5, 5.41) is 7.67. The van der Waals surface area contributed by atoms with Gasteiger partial charge >= 0.3 is 0 Å². The highest BCUT2D eigenvalue weighted by molar-refractivity contribution is 5.45. The summed E-state index contributed by atoms with van der Waals surface area (Å²) in [6, 6.07) is 10.2. The van der Waals surface area contributed by atoms with Gasteiger partial charge in [0.2, 0.25) is 0 Å². The molecule has 0 bridgehead atoms. The Bertz CT molecular complexity index is 889. The Labute approximate surface area is 158 Å². The molecule has 2 aromatic heterocycles. The summed E-state index contributed by atoms with van der Waals surface area (Å²) in [6.45, 7) is 1.09. The summed E-state index contributed by atoms with van der Waals surface area (Å²) in [6.07, 6.45) is 8.05. The molecule has 0 saturated heterocycles. The van der Waals surface area contributed by atoms with Crippen molar-refractivity contribution >= 4 is 11.6 Å². The van der Waals surface area contributed by atoms with Gasteiger partial charge in [-0.25, -0.2) is 4.98 Å². The standard InChI is InChI=1S/C20H25N5O2/c1-26-13-16-11-19(25-20(24-16)22-14-23-25)21-12-15-6-5-9-18(10-15)27-17-7-3-2-4-8-17/h5-6,9-11,14,17,21H,2-4,7-8,12-13H2,1H3. The van der Waals surface area contributed by atoms with Gasteiger partial charge < -0.3 is 14.8 Å². The average Bonchev–Trinajstić information content (AvgIpc) is 3.16. The van der Waals surface area contributed by atoms with Gasteiger partial charge in [0.25, 0.3) is 5.78 Å². The lowest BCUT2D eigenvalue weighted by atomic mass is 9.98. The molecule has 2 heterocycles. The molecule has 0 atom stereocenters. The number of aromatic nitrogens is 4. The number of ether oxygens (including phenoxy) is 2. The lowest BCUT2D eigenvalue weighted by Gasteiger charge is -2.23. The minimum Gasteiger partial charge on any atom is -0.490 e. The molecule has 7 heteroatoms. The number of hydrogen-bond acceptors (Lipinski definition) is 6. The maximum atomic E-state index is 6.18. The van der Waals surface area contributed by atoms with Crippen molar-refractivity contribution in [1.82, 2.24) is 19.6 Å². The van der Waals surface area contributed by atoms with E-state index in [-0.39, 0.29) is 0 Å². The number of fused-ring (bicyclic) bond motifs is 1. The zero-order valence-electron chi connectivity index (χ0n) is 15.6. The summed E-state index contributed by atoms with van der Waals surface area (Å²) in [7, 11) is 1.65. The molecule has 1 aliphatic carbocycles. The van der Waals surface area contributed by atoms with Gasteiger partial charge in [0.05, 0.1) is 18.4 Å². The molecule has 3 aromatic rings. The molecule has 0 radical (unpaired) electrons. The molecule has 1 aliphatic rings. The number of hydrogen-bond donors (Lipinski definition) is 1. The van der Waals surface area contributed by atoms with Crippen LogP contribution in [0.5, 0.6) is 5.75 Å². The minimum atomic E-state index is 0.355. The molecule has 4 rings (SSSR count). The average molecular weight is 367 g/mol. The lowest BCUT2D eigenvalue weighted by molar-refractivity contribution is 0.155. The molecule has 1 N–H and O–H groups in total. The van der Waals surface area contributed by atoms with Gasteiger partial charge in [-0.2, -0.15) is 14.6 Å². The Balaban J connectivity index is 1.46. The second-order valence-electron chi connectivity index (χ2n) is 6.92. The zero-order valence-corrected chi connectivity index (χ0v) is 15.6. The van der Waals surface area contributed by atoms with Crippen molar-refractivity contribution in [2.24, 2.45) is 0 Å². The normalized spacial score (nSPS) is 15.1. The largest absolute Gasteiger partial charge is 0.490 e. The van der Waals surface area contributed by atoms with Crippen LogP contribution in [-0.2, 0) is 17.9 Å². The zero-order chi connectivity index (χ0) is 18.5. The fourth-order valence-electron chi connectivity index (χ4n) is 3.51. The number of methoxy groups -OCH3 is 1. The molecule has 142 valence electrons. The van der Waals surface area contributed by atoms with E-state index in [1.807, 2.05) is 18.2 Å². The third-order valence-electron chi connectivity index (χ3n) is 4.82. The molecule has 7 nitrogen and oxygen atoms in total. The fourth-order valence-corrected chi connectivity index (χ4v) is 3.51. The number of nitrogens with zero attached hydrogens (tertiary/aromatic N) is 4. The third kappa shape index (κ3) is 4.36.